The van der Waals surface area contributed by atoms with Crippen LogP contribution in [0.5, 0.6) is 0 Å². The summed E-state index contributed by atoms with van der Waals surface area (Å²) in [6.45, 7) is 4.01. The van der Waals surface area contributed by atoms with Crippen molar-refractivity contribution in [3.63, 3.8) is 0 Å². The minimum Gasteiger partial charge on any atom is -0.378 e. The minimum atomic E-state index is -0.184. The standard InChI is InChI=1S/C32H35N3O2/c1-3-19(2)33-32(37)24-11-7-8-12-26(24)35-31(36)23-15-16-27-25(18-23)28-21-13-14-22(17-21)29(28)30(34-27)20-9-5-4-6-10-20/h4-12,15-16,18-19,21-22,28-30,34H,3,13-14,17H2,1-2H3,(H,33,37)(H,35,36)/t19-,21-,22-,28-,29-,30+/m0/s1. The van der Waals surface area contributed by atoms with Crippen LogP contribution in [0.4, 0.5) is 11.4 Å². The van der Waals surface area contributed by atoms with Crippen LogP contribution in [0, 0.1) is 17.8 Å². The number of fused-ring (bicyclic) bond motifs is 7. The lowest BCUT2D eigenvalue weighted by Crippen LogP contribution is -2.35. The Morgan fingerprint density at radius 2 is 1.70 bits per heavy atom. The minimum absolute atomic E-state index is 0.0683. The highest BCUT2D eigenvalue weighted by atomic mass is 16.2. The number of para-hydroxylation sites is 1. The molecule has 2 fully saturated rings. The van der Waals surface area contributed by atoms with Gasteiger partial charge in [0.15, 0.2) is 0 Å². The molecule has 190 valence electrons. The number of amides is 2. The van der Waals surface area contributed by atoms with Gasteiger partial charge in [-0.05, 0) is 97.7 Å². The Bertz CT molecular complexity index is 1320. The molecular weight excluding hydrogens is 458 g/mol. The molecule has 6 atom stereocenters. The van der Waals surface area contributed by atoms with Gasteiger partial charge in [-0.3, -0.25) is 9.59 Å². The number of carbonyl (C=O) groups is 2. The van der Waals surface area contributed by atoms with Crippen LogP contribution in [0.15, 0.2) is 72.8 Å². The van der Waals surface area contributed by atoms with Gasteiger partial charge >= 0.3 is 0 Å². The van der Waals surface area contributed by atoms with Gasteiger partial charge in [-0.15, -0.1) is 0 Å². The molecule has 0 radical (unpaired) electrons. The van der Waals surface area contributed by atoms with E-state index in [9.17, 15) is 9.59 Å². The quantitative estimate of drug-likeness (QED) is 0.355. The smallest absolute Gasteiger partial charge is 0.255 e. The molecule has 2 aliphatic carbocycles. The van der Waals surface area contributed by atoms with E-state index in [1.807, 2.05) is 32.0 Å². The third kappa shape index (κ3) is 4.30. The predicted octanol–water partition coefficient (Wildman–Crippen LogP) is 6.76. The van der Waals surface area contributed by atoms with Crippen molar-refractivity contribution >= 4 is 23.2 Å². The molecule has 2 saturated carbocycles. The predicted molar refractivity (Wildman–Crippen MR) is 148 cm³/mol. The Morgan fingerprint density at radius 1 is 0.946 bits per heavy atom. The molecule has 0 aromatic heterocycles. The fourth-order valence-electron chi connectivity index (χ4n) is 7.01. The number of hydrogen-bond donors (Lipinski definition) is 3. The summed E-state index contributed by atoms with van der Waals surface area (Å²) in [5, 5.41) is 9.86. The highest BCUT2D eigenvalue weighted by Gasteiger charge is 2.53. The van der Waals surface area contributed by atoms with Crippen molar-refractivity contribution in [2.75, 3.05) is 10.6 Å². The summed E-state index contributed by atoms with van der Waals surface area (Å²) in [6.07, 6.45) is 4.72. The van der Waals surface area contributed by atoms with Crippen LogP contribution in [-0.4, -0.2) is 17.9 Å². The number of rotatable bonds is 6. The van der Waals surface area contributed by atoms with E-state index in [1.54, 1.807) is 12.1 Å². The summed E-state index contributed by atoms with van der Waals surface area (Å²) in [4.78, 5) is 26.2. The zero-order valence-corrected chi connectivity index (χ0v) is 21.5. The van der Waals surface area contributed by atoms with E-state index in [0.29, 0.717) is 40.6 Å². The molecule has 0 unspecified atom stereocenters. The van der Waals surface area contributed by atoms with Crippen LogP contribution in [0.1, 0.15) is 83.3 Å². The first kappa shape index (κ1) is 23.8. The van der Waals surface area contributed by atoms with Gasteiger partial charge in [-0.2, -0.15) is 0 Å². The fourth-order valence-corrected chi connectivity index (χ4v) is 7.01. The SMILES string of the molecule is CC[C@H](C)NC(=O)c1ccccc1NC(=O)c1ccc2c(c1)[C@@H]1[C@H]3CC[C@@H](C3)[C@@H]1[C@@H](c1ccccc1)N2. The summed E-state index contributed by atoms with van der Waals surface area (Å²) >= 11 is 0. The summed E-state index contributed by atoms with van der Waals surface area (Å²) in [5.74, 6) is 2.09. The van der Waals surface area contributed by atoms with Crippen molar-refractivity contribution in [1.82, 2.24) is 5.32 Å². The van der Waals surface area contributed by atoms with E-state index in [2.05, 4.69) is 58.4 Å². The summed E-state index contributed by atoms with van der Waals surface area (Å²) < 4.78 is 0. The molecule has 0 spiro atoms. The molecular formula is C32H35N3O2. The Hall–Kier alpha value is -3.60. The molecule has 1 aliphatic heterocycles. The van der Waals surface area contributed by atoms with Gasteiger partial charge in [-0.25, -0.2) is 0 Å². The van der Waals surface area contributed by atoms with Crippen molar-refractivity contribution in [3.05, 3.63) is 95.1 Å². The topological polar surface area (TPSA) is 70.2 Å². The van der Waals surface area contributed by atoms with Gasteiger partial charge in [0.1, 0.15) is 0 Å². The molecule has 3 aromatic rings. The Labute approximate surface area is 219 Å². The number of hydrogen-bond acceptors (Lipinski definition) is 3. The largest absolute Gasteiger partial charge is 0.378 e. The van der Waals surface area contributed by atoms with E-state index in [0.717, 1.165) is 18.0 Å². The normalized spacial score (nSPS) is 25.9. The zero-order chi connectivity index (χ0) is 25.5. The van der Waals surface area contributed by atoms with Crippen LogP contribution >= 0.6 is 0 Å². The molecule has 1 heterocycles. The molecule has 5 heteroatoms. The average molecular weight is 494 g/mol. The number of carbonyl (C=O) groups excluding carboxylic acids is 2. The highest BCUT2D eigenvalue weighted by molar-refractivity contribution is 6.09. The van der Waals surface area contributed by atoms with Crippen molar-refractivity contribution in [2.24, 2.45) is 17.8 Å². The Morgan fingerprint density at radius 3 is 2.51 bits per heavy atom. The summed E-state index contributed by atoms with van der Waals surface area (Å²) in [7, 11) is 0. The van der Waals surface area contributed by atoms with Crippen LogP contribution in [0.3, 0.4) is 0 Å². The second-order valence-corrected chi connectivity index (χ2v) is 11.1. The number of anilines is 2. The maximum absolute atomic E-state index is 13.4. The first-order valence-electron chi connectivity index (χ1n) is 13.7. The first-order valence-corrected chi connectivity index (χ1v) is 13.7. The Balaban J connectivity index is 1.29. The molecule has 2 amide bonds. The third-order valence-electron chi connectivity index (χ3n) is 8.92. The molecule has 3 N–H and O–H groups in total. The van der Waals surface area contributed by atoms with Crippen LogP contribution < -0.4 is 16.0 Å². The van der Waals surface area contributed by atoms with E-state index in [-0.39, 0.29) is 17.9 Å². The van der Waals surface area contributed by atoms with Gasteiger partial charge in [-0.1, -0.05) is 49.4 Å². The molecule has 5 nitrogen and oxygen atoms in total. The molecule has 0 saturated heterocycles. The lowest BCUT2D eigenvalue weighted by molar-refractivity contribution is 0.0940. The number of nitrogens with one attached hydrogen (secondary N) is 3. The Kier molecular flexibility index (Phi) is 6.23. The molecule has 3 aliphatic rings. The zero-order valence-electron chi connectivity index (χ0n) is 21.5. The maximum atomic E-state index is 13.4. The first-order chi connectivity index (χ1) is 18.0. The maximum Gasteiger partial charge on any atom is 0.255 e. The van der Waals surface area contributed by atoms with Crippen molar-refractivity contribution in [3.8, 4) is 0 Å². The third-order valence-corrected chi connectivity index (χ3v) is 8.92. The van der Waals surface area contributed by atoms with Gasteiger partial charge in [0, 0.05) is 17.3 Å². The summed E-state index contributed by atoms with van der Waals surface area (Å²) in [5.41, 5.74) is 5.43. The summed E-state index contributed by atoms with van der Waals surface area (Å²) in [6, 6.07) is 24.5. The molecule has 3 aromatic carbocycles. The van der Waals surface area contributed by atoms with Crippen LogP contribution in [0.2, 0.25) is 0 Å². The van der Waals surface area contributed by atoms with Crippen molar-refractivity contribution < 1.29 is 9.59 Å². The molecule has 6 rings (SSSR count). The van der Waals surface area contributed by atoms with Crippen LogP contribution in [0.25, 0.3) is 0 Å². The van der Waals surface area contributed by atoms with E-state index < -0.39 is 0 Å². The second kappa shape index (κ2) is 9.70. The molecule has 37 heavy (non-hydrogen) atoms. The average Bonchev–Trinajstić information content (AvgIpc) is 3.56. The number of benzene rings is 3. The van der Waals surface area contributed by atoms with Gasteiger partial charge < -0.3 is 16.0 Å². The molecule has 2 bridgehead atoms. The fraction of sp³-hybridized carbons (Fsp3) is 0.375. The van der Waals surface area contributed by atoms with Gasteiger partial charge in [0.05, 0.1) is 17.3 Å². The highest BCUT2D eigenvalue weighted by Crippen LogP contribution is 2.63. The second-order valence-electron chi connectivity index (χ2n) is 11.1. The van der Waals surface area contributed by atoms with Gasteiger partial charge in [0.25, 0.3) is 11.8 Å². The van der Waals surface area contributed by atoms with Gasteiger partial charge in [0.2, 0.25) is 0 Å². The lowest BCUT2D eigenvalue weighted by atomic mass is 9.68. The van der Waals surface area contributed by atoms with E-state index in [4.69, 9.17) is 0 Å². The van der Waals surface area contributed by atoms with E-state index in [1.165, 1.54) is 30.4 Å². The van der Waals surface area contributed by atoms with Crippen molar-refractivity contribution in [2.45, 2.75) is 57.5 Å². The van der Waals surface area contributed by atoms with E-state index >= 15 is 0 Å². The monoisotopic (exact) mass is 493 g/mol. The van der Waals surface area contributed by atoms with Crippen molar-refractivity contribution in [1.29, 1.82) is 0 Å². The lowest BCUT2D eigenvalue weighted by Gasteiger charge is -2.43. The van der Waals surface area contributed by atoms with Crippen LogP contribution in [-0.2, 0) is 0 Å².